The van der Waals surface area contributed by atoms with Gasteiger partial charge in [0.1, 0.15) is 11.4 Å². The van der Waals surface area contributed by atoms with Crippen LogP contribution in [0.2, 0.25) is 0 Å². The highest BCUT2D eigenvalue weighted by molar-refractivity contribution is 7.20. The second-order valence-corrected chi connectivity index (χ2v) is 7.84. The van der Waals surface area contributed by atoms with E-state index in [1.165, 1.54) is 11.3 Å². The standard InChI is InChI=1S/C19H22N4O4S/c1-10-8-13(27-22-10)12-6-5-7-23(12)19(24)16-11(2)15-17(26-4)20-14(9-25-3)21-18(15)28-16/h8,12H,5-7,9H2,1-4H3. The Balaban J connectivity index is 1.73. The van der Waals surface area contributed by atoms with E-state index in [4.69, 9.17) is 14.0 Å². The molecule has 4 rings (SSSR count). The van der Waals surface area contributed by atoms with E-state index in [2.05, 4.69) is 15.1 Å². The molecule has 1 unspecified atom stereocenters. The van der Waals surface area contributed by atoms with Crippen molar-refractivity contribution in [1.29, 1.82) is 0 Å². The summed E-state index contributed by atoms with van der Waals surface area (Å²) in [4.78, 5) is 25.6. The molecule has 0 aromatic carbocycles. The summed E-state index contributed by atoms with van der Waals surface area (Å²) in [5, 5.41) is 4.75. The number of ether oxygens (including phenoxy) is 2. The molecule has 3 aromatic heterocycles. The fourth-order valence-electron chi connectivity index (χ4n) is 3.67. The lowest BCUT2D eigenvalue weighted by Crippen LogP contribution is -2.30. The maximum atomic E-state index is 13.4. The van der Waals surface area contributed by atoms with E-state index in [0.717, 1.165) is 40.1 Å². The van der Waals surface area contributed by atoms with Crippen LogP contribution in [0.3, 0.4) is 0 Å². The molecule has 9 heteroatoms. The zero-order valence-corrected chi connectivity index (χ0v) is 17.1. The number of aromatic nitrogens is 3. The van der Waals surface area contributed by atoms with E-state index in [1.54, 1.807) is 14.2 Å². The summed E-state index contributed by atoms with van der Waals surface area (Å²) in [6, 6.07) is 1.81. The number of methoxy groups -OCH3 is 2. The Bertz CT molecular complexity index is 1030. The number of aryl methyl sites for hydroxylation is 2. The van der Waals surface area contributed by atoms with Gasteiger partial charge in [0.05, 0.1) is 29.1 Å². The van der Waals surface area contributed by atoms with Gasteiger partial charge in [-0.25, -0.2) is 4.98 Å². The zero-order chi connectivity index (χ0) is 19.8. The molecule has 1 atom stereocenters. The first kappa shape index (κ1) is 18.8. The number of hydrogen-bond acceptors (Lipinski definition) is 8. The van der Waals surface area contributed by atoms with Crippen molar-refractivity contribution >= 4 is 27.5 Å². The second-order valence-electron chi connectivity index (χ2n) is 6.85. The van der Waals surface area contributed by atoms with E-state index in [-0.39, 0.29) is 18.6 Å². The van der Waals surface area contributed by atoms with Crippen molar-refractivity contribution in [3.63, 3.8) is 0 Å². The van der Waals surface area contributed by atoms with Crippen LogP contribution < -0.4 is 4.74 Å². The van der Waals surface area contributed by atoms with Crippen LogP contribution >= 0.6 is 11.3 Å². The summed E-state index contributed by atoms with van der Waals surface area (Å²) in [6.45, 7) is 4.77. The van der Waals surface area contributed by atoms with Crippen LogP contribution in [0, 0.1) is 13.8 Å². The molecular formula is C19H22N4O4S. The first-order valence-corrected chi connectivity index (χ1v) is 9.92. The van der Waals surface area contributed by atoms with Crippen molar-refractivity contribution in [1.82, 2.24) is 20.0 Å². The van der Waals surface area contributed by atoms with Crippen LogP contribution in [0.5, 0.6) is 5.88 Å². The minimum Gasteiger partial charge on any atom is -0.480 e. The molecule has 1 aliphatic rings. The molecule has 1 saturated heterocycles. The van der Waals surface area contributed by atoms with Crippen LogP contribution in [-0.2, 0) is 11.3 Å². The van der Waals surface area contributed by atoms with E-state index >= 15 is 0 Å². The maximum Gasteiger partial charge on any atom is 0.264 e. The number of thiophene rings is 1. The molecule has 28 heavy (non-hydrogen) atoms. The lowest BCUT2D eigenvalue weighted by Gasteiger charge is -2.22. The van der Waals surface area contributed by atoms with Gasteiger partial charge in [0.25, 0.3) is 5.91 Å². The Morgan fingerprint density at radius 3 is 2.86 bits per heavy atom. The molecule has 0 radical (unpaired) electrons. The molecule has 1 amide bonds. The number of fused-ring (bicyclic) bond motifs is 1. The predicted octanol–water partition coefficient (Wildman–Crippen LogP) is 3.43. The van der Waals surface area contributed by atoms with Gasteiger partial charge in [-0.15, -0.1) is 11.3 Å². The van der Waals surface area contributed by atoms with Gasteiger partial charge in [0.2, 0.25) is 5.88 Å². The van der Waals surface area contributed by atoms with E-state index < -0.39 is 0 Å². The Morgan fingerprint density at radius 1 is 1.36 bits per heavy atom. The molecule has 0 bridgehead atoms. The molecule has 0 saturated carbocycles. The Labute approximate surface area is 166 Å². The van der Waals surface area contributed by atoms with Gasteiger partial charge in [-0.1, -0.05) is 5.16 Å². The van der Waals surface area contributed by atoms with Gasteiger partial charge in [0, 0.05) is 19.7 Å². The molecular weight excluding hydrogens is 380 g/mol. The van der Waals surface area contributed by atoms with Gasteiger partial charge >= 0.3 is 0 Å². The summed E-state index contributed by atoms with van der Waals surface area (Å²) in [5.74, 6) is 1.71. The number of carbonyl (C=O) groups is 1. The lowest BCUT2D eigenvalue weighted by molar-refractivity contribution is 0.0719. The summed E-state index contributed by atoms with van der Waals surface area (Å²) >= 11 is 1.37. The predicted molar refractivity (Wildman–Crippen MR) is 104 cm³/mol. The first-order valence-electron chi connectivity index (χ1n) is 9.10. The van der Waals surface area contributed by atoms with Crippen LogP contribution in [0.4, 0.5) is 0 Å². The lowest BCUT2D eigenvalue weighted by atomic mass is 10.1. The first-order chi connectivity index (χ1) is 13.5. The van der Waals surface area contributed by atoms with Crippen molar-refractivity contribution < 1.29 is 18.8 Å². The van der Waals surface area contributed by atoms with Crippen molar-refractivity contribution in [3.8, 4) is 5.88 Å². The number of nitrogens with zero attached hydrogens (tertiary/aromatic N) is 4. The Kier molecular flexibility index (Phi) is 5.03. The zero-order valence-electron chi connectivity index (χ0n) is 16.3. The van der Waals surface area contributed by atoms with Gasteiger partial charge in [-0.2, -0.15) is 4.98 Å². The topological polar surface area (TPSA) is 90.6 Å². The highest BCUT2D eigenvalue weighted by Gasteiger charge is 2.35. The molecule has 1 fully saturated rings. The smallest absolute Gasteiger partial charge is 0.264 e. The van der Waals surface area contributed by atoms with E-state index in [9.17, 15) is 4.79 Å². The number of carbonyl (C=O) groups excluding carboxylic acids is 1. The third kappa shape index (κ3) is 3.14. The number of hydrogen-bond donors (Lipinski definition) is 0. The van der Waals surface area contributed by atoms with Gasteiger partial charge in [0.15, 0.2) is 11.6 Å². The molecule has 0 N–H and O–H groups in total. The second kappa shape index (κ2) is 7.48. The van der Waals surface area contributed by atoms with E-state index in [1.807, 2.05) is 24.8 Å². The number of amides is 1. The molecule has 0 spiro atoms. The van der Waals surface area contributed by atoms with Crippen LogP contribution in [0.25, 0.3) is 10.2 Å². The van der Waals surface area contributed by atoms with Crippen LogP contribution in [-0.4, -0.2) is 46.7 Å². The fourth-order valence-corrected chi connectivity index (χ4v) is 4.81. The van der Waals surface area contributed by atoms with Crippen LogP contribution in [0.15, 0.2) is 10.6 Å². The fraction of sp³-hybridized carbons (Fsp3) is 0.474. The molecule has 148 valence electrons. The third-order valence-electron chi connectivity index (χ3n) is 4.95. The highest BCUT2D eigenvalue weighted by Crippen LogP contribution is 2.39. The molecule has 1 aliphatic heterocycles. The summed E-state index contributed by atoms with van der Waals surface area (Å²) < 4.78 is 16.0. The molecule has 0 aliphatic carbocycles. The van der Waals surface area contributed by atoms with Gasteiger partial charge in [-0.3, -0.25) is 4.79 Å². The minimum atomic E-state index is -0.0876. The number of likely N-dealkylation sites (tertiary alicyclic amines) is 1. The highest BCUT2D eigenvalue weighted by atomic mass is 32.1. The Hall–Kier alpha value is -2.52. The van der Waals surface area contributed by atoms with Crippen molar-refractivity contribution in [2.45, 2.75) is 39.3 Å². The monoisotopic (exact) mass is 402 g/mol. The minimum absolute atomic E-state index is 0.0209. The third-order valence-corrected chi connectivity index (χ3v) is 6.13. The SMILES string of the molecule is COCc1nc(OC)c2c(C)c(C(=O)N3CCCC3c3cc(C)no3)sc2n1. The maximum absolute atomic E-state index is 13.4. The van der Waals surface area contributed by atoms with E-state index in [0.29, 0.717) is 23.1 Å². The van der Waals surface area contributed by atoms with Crippen molar-refractivity contribution in [2.75, 3.05) is 20.8 Å². The van der Waals surface area contributed by atoms with Crippen molar-refractivity contribution in [2.24, 2.45) is 0 Å². The average molecular weight is 402 g/mol. The van der Waals surface area contributed by atoms with Gasteiger partial charge < -0.3 is 18.9 Å². The summed E-state index contributed by atoms with van der Waals surface area (Å²) in [7, 11) is 3.16. The van der Waals surface area contributed by atoms with Crippen molar-refractivity contribution in [3.05, 3.63) is 33.8 Å². The van der Waals surface area contributed by atoms with Gasteiger partial charge in [-0.05, 0) is 32.3 Å². The van der Waals surface area contributed by atoms with Crippen LogP contribution in [0.1, 0.15) is 51.4 Å². The normalized spacial score (nSPS) is 16.9. The molecule has 3 aromatic rings. The summed E-state index contributed by atoms with van der Waals surface area (Å²) in [5.41, 5.74) is 1.66. The molecule has 4 heterocycles. The quantitative estimate of drug-likeness (QED) is 0.646. The largest absolute Gasteiger partial charge is 0.480 e. The summed E-state index contributed by atoms with van der Waals surface area (Å²) in [6.07, 6.45) is 1.80. The average Bonchev–Trinajstić information content (AvgIpc) is 3.39. The molecule has 8 nitrogen and oxygen atoms in total. The Morgan fingerprint density at radius 2 is 2.18 bits per heavy atom. The number of rotatable bonds is 5.